The van der Waals surface area contributed by atoms with Gasteiger partial charge >= 0.3 is 0 Å². The molecule has 0 unspecified atom stereocenters. The SMILES string of the molecule is c1ncc2c(n1)SCCC2. The Morgan fingerprint density at radius 3 is 3.40 bits per heavy atom. The van der Waals surface area contributed by atoms with Gasteiger partial charge in [0.2, 0.25) is 0 Å². The van der Waals surface area contributed by atoms with Gasteiger partial charge in [0, 0.05) is 11.8 Å². The largest absolute Gasteiger partial charge is 0.244 e. The van der Waals surface area contributed by atoms with Gasteiger partial charge in [0.15, 0.2) is 0 Å². The molecule has 0 spiro atoms. The zero-order valence-electron chi connectivity index (χ0n) is 5.58. The van der Waals surface area contributed by atoms with Crippen molar-refractivity contribution in [3.63, 3.8) is 0 Å². The van der Waals surface area contributed by atoms with Crippen LogP contribution in [0.2, 0.25) is 0 Å². The molecule has 52 valence electrons. The van der Waals surface area contributed by atoms with Crippen LogP contribution in [-0.2, 0) is 6.42 Å². The number of hydrogen-bond acceptors (Lipinski definition) is 3. The van der Waals surface area contributed by atoms with Crippen LogP contribution in [0.25, 0.3) is 0 Å². The lowest BCUT2D eigenvalue weighted by molar-refractivity contribution is 0.838. The first-order valence-electron chi connectivity index (χ1n) is 3.38. The monoisotopic (exact) mass is 152 g/mol. The molecule has 1 aromatic heterocycles. The lowest BCUT2D eigenvalue weighted by Gasteiger charge is -2.11. The normalized spacial score (nSPS) is 16.4. The highest BCUT2D eigenvalue weighted by atomic mass is 32.2. The molecule has 0 N–H and O–H groups in total. The van der Waals surface area contributed by atoms with Crippen molar-refractivity contribution >= 4 is 11.8 Å². The molecule has 0 amide bonds. The highest BCUT2D eigenvalue weighted by Gasteiger charge is 2.09. The molecule has 0 aromatic carbocycles. The maximum atomic E-state index is 4.17. The van der Waals surface area contributed by atoms with E-state index in [1.54, 1.807) is 6.33 Å². The Labute approximate surface area is 64.1 Å². The van der Waals surface area contributed by atoms with E-state index >= 15 is 0 Å². The average Bonchev–Trinajstić information content (AvgIpc) is 2.05. The van der Waals surface area contributed by atoms with Crippen molar-refractivity contribution in [1.29, 1.82) is 0 Å². The van der Waals surface area contributed by atoms with E-state index in [0.29, 0.717) is 0 Å². The van der Waals surface area contributed by atoms with Crippen LogP contribution in [0.1, 0.15) is 12.0 Å². The third-order valence-electron chi connectivity index (χ3n) is 1.58. The van der Waals surface area contributed by atoms with Crippen LogP contribution in [0.15, 0.2) is 17.6 Å². The maximum absolute atomic E-state index is 4.17. The van der Waals surface area contributed by atoms with Crippen molar-refractivity contribution in [2.45, 2.75) is 17.9 Å². The summed E-state index contributed by atoms with van der Waals surface area (Å²) in [6, 6.07) is 0. The predicted octanol–water partition coefficient (Wildman–Crippen LogP) is 1.51. The molecule has 0 saturated heterocycles. The molecule has 2 rings (SSSR count). The molecule has 1 aliphatic rings. The Bertz CT molecular complexity index is 212. The first-order chi connectivity index (χ1) is 4.97. The first kappa shape index (κ1) is 6.16. The van der Waals surface area contributed by atoms with Gasteiger partial charge in [0.1, 0.15) is 11.4 Å². The average molecular weight is 152 g/mol. The highest BCUT2D eigenvalue weighted by Crippen LogP contribution is 2.26. The van der Waals surface area contributed by atoms with Crippen LogP contribution in [0.3, 0.4) is 0 Å². The number of aryl methyl sites for hydroxylation is 1. The van der Waals surface area contributed by atoms with E-state index < -0.39 is 0 Å². The summed E-state index contributed by atoms with van der Waals surface area (Å²) in [5.41, 5.74) is 1.32. The zero-order valence-corrected chi connectivity index (χ0v) is 6.40. The topological polar surface area (TPSA) is 25.8 Å². The van der Waals surface area contributed by atoms with Gasteiger partial charge in [0.05, 0.1) is 0 Å². The molecule has 3 heteroatoms. The van der Waals surface area contributed by atoms with Gasteiger partial charge in [0.25, 0.3) is 0 Å². The molecule has 1 aliphatic heterocycles. The second-order valence-electron chi connectivity index (χ2n) is 2.31. The molecule has 0 bridgehead atoms. The fourth-order valence-corrected chi connectivity index (χ4v) is 2.02. The molecule has 2 nitrogen and oxygen atoms in total. The van der Waals surface area contributed by atoms with Crippen molar-refractivity contribution in [3.05, 3.63) is 18.1 Å². The van der Waals surface area contributed by atoms with E-state index in [2.05, 4.69) is 9.97 Å². The summed E-state index contributed by atoms with van der Waals surface area (Å²) in [5.74, 6) is 1.21. The number of fused-ring (bicyclic) bond motifs is 1. The Balaban J connectivity index is 2.41. The van der Waals surface area contributed by atoms with Gasteiger partial charge < -0.3 is 0 Å². The molecular weight excluding hydrogens is 144 g/mol. The van der Waals surface area contributed by atoms with Crippen LogP contribution in [0, 0.1) is 0 Å². The van der Waals surface area contributed by atoms with Crippen LogP contribution in [-0.4, -0.2) is 15.7 Å². The van der Waals surface area contributed by atoms with E-state index in [9.17, 15) is 0 Å². The molecule has 1 aromatic rings. The van der Waals surface area contributed by atoms with Crippen LogP contribution >= 0.6 is 11.8 Å². The predicted molar refractivity (Wildman–Crippen MR) is 41.1 cm³/mol. The van der Waals surface area contributed by atoms with Crippen molar-refractivity contribution in [3.8, 4) is 0 Å². The van der Waals surface area contributed by atoms with Gasteiger partial charge in [-0.3, -0.25) is 0 Å². The van der Waals surface area contributed by atoms with Crippen molar-refractivity contribution in [1.82, 2.24) is 9.97 Å². The fraction of sp³-hybridized carbons (Fsp3) is 0.429. The summed E-state index contributed by atoms with van der Waals surface area (Å²) in [6.45, 7) is 0. The van der Waals surface area contributed by atoms with Crippen LogP contribution in [0.4, 0.5) is 0 Å². The standard InChI is InChI=1S/C7H8N2S/c1-2-6-4-8-5-9-7(6)10-3-1/h4-5H,1-3H2. The van der Waals surface area contributed by atoms with Gasteiger partial charge in [-0.2, -0.15) is 0 Å². The molecule has 0 fully saturated rings. The molecule has 10 heavy (non-hydrogen) atoms. The van der Waals surface area contributed by atoms with Crippen LogP contribution < -0.4 is 0 Å². The molecule has 0 atom stereocenters. The zero-order chi connectivity index (χ0) is 6.81. The van der Waals surface area contributed by atoms with Crippen LogP contribution in [0.5, 0.6) is 0 Å². The highest BCUT2D eigenvalue weighted by molar-refractivity contribution is 7.99. The summed E-state index contributed by atoms with van der Waals surface area (Å²) >= 11 is 1.84. The third-order valence-corrected chi connectivity index (χ3v) is 2.71. The Kier molecular flexibility index (Phi) is 1.59. The van der Waals surface area contributed by atoms with Gasteiger partial charge in [-0.05, 0) is 18.6 Å². The van der Waals surface area contributed by atoms with Gasteiger partial charge in [-0.25, -0.2) is 9.97 Å². The molecule has 0 saturated carbocycles. The maximum Gasteiger partial charge on any atom is 0.116 e. The minimum Gasteiger partial charge on any atom is -0.244 e. The van der Waals surface area contributed by atoms with Crippen molar-refractivity contribution in [2.75, 3.05) is 5.75 Å². The van der Waals surface area contributed by atoms with E-state index in [0.717, 1.165) is 6.42 Å². The molecule has 0 radical (unpaired) electrons. The first-order valence-corrected chi connectivity index (χ1v) is 4.37. The molecule has 0 aliphatic carbocycles. The van der Waals surface area contributed by atoms with Crippen molar-refractivity contribution in [2.24, 2.45) is 0 Å². The number of nitrogens with zero attached hydrogens (tertiary/aromatic N) is 2. The van der Waals surface area contributed by atoms with E-state index in [4.69, 9.17) is 0 Å². The summed E-state index contributed by atoms with van der Waals surface area (Å²) in [5, 5.41) is 1.18. The Morgan fingerprint density at radius 1 is 1.50 bits per heavy atom. The third kappa shape index (κ3) is 1.01. The number of aromatic nitrogens is 2. The van der Waals surface area contributed by atoms with Crippen molar-refractivity contribution < 1.29 is 0 Å². The van der Waals surface area contributed by atoms with E-state index in [1.165, 1.54) is 22.8 Å². The summed E-state index contributed by atoms with van der Waals surface area (Å²) < 4.78 is 0. The van der Waals surface area contributed by atoms with E-state index in [1.807, 2.05) is 18.0 Å². The lowest BCUT2D eigenvalue weighted by atomic mass is 10.2. The second-order valence-corrected chi connectivity index (χ2v) is 3.39. The van der Waals surface area contributed by atoms with Gasteiger partial charge in [-0.15, -0.1) is 11.8 Å². The lowest BCUT2D eigenvalue weighted by Crippen LogP contribution is -2.00. The Morgan fingerprint density at radius 2 is 2.50 bits per heavy atom. The number of hydrogen-bond donors (Lipinski definition) is 0. The number of rotatable bonds is 0. The minimum atomic E-state index is 1.16. The smallest absolute Gasteiger partial charge is 0.116 e. The quantitative estimate of drug-likeness (QED) is 0.527. The summed E-state index contributed by atoms with van der Waals surface area (Å²) in [7, 11) is 0. The van der Waals surface area contributed by atoms with Gasteiger partial charge in [-0.1, -0.05) is 0 Å². The summed E-state index contributed by atoms with van der Waals surface area (Å²) in [4.78, 5) is 8.14. The fourth-order valence-electron chi connectivity index (χ4n) is 1.08. The second kappa shape index (κ2) is 2.58. The minimum absolute atomic E-state index is 1.16. The number of thioether (sulfide) groups is 1. The molecular formula is C7H8N2S. The summed E-state index contributed by atoms with van der Waals surface area (Å²) in [6.07, 6.45) is 5.97. The molecule has 2 heterocycles. The van der Waals surface area contributed by atoms with E-state index in [-0.39, 0.29) is 0 Å². The Hall–Kier alpha value is -0.570.